The summed E-state index contributed by atoms with van der Waals surface area (Å²) in [5.41, 5.74) is -0.228. The van der Waals surface area contributed by atoms with Gasteiger partial charge in [-0.3, -0.25) is 14.7 Å². The van der Waals surface area contributed by atoms with Crippen LogP contribution in [0.15, 0.2) is 4.99 Å². The zero-order chi connectivity index (χ0) is 18.9. The lowest BCUT2D eigenvalue weighted by atomic mass is 10.0. The minimum atomic E-state index is -0.228. The first-order valence-corrected chi connectivity index (χ1v) is 9.28. The quantitative estimate of drug-likeness (QED) is 0.290. The molecule has 1 aliphatic rings. The maximum Gasteiger partial charge on any atom is 0.239 e. The highest BCUT2D eigenvalue weighted by molar-refractivity contribution is 14.0. The van der Waals surface area contributed by atoms with Gasteiger partial charge in [0.05, 0.1) is 19.8 Å². The topological polar surface area (TPSA) is 78.0 Å². The normalized spacial score (nSPS) is 17.4. The average molecular weight is 483 g/mol. The highest BCUT2D eigenvalue weighted by Gasteiger charge is 2.22. The average Bonchev–Trinajstić information content (AvgIpc) is 2.52. The van der Waals surface area contributed by atoms with Crippen molar-refractivity contribution in [3.05, 3.63) is 0 Å². The lowest BCUT2D eigenvalue weighted by Gasteiger charge is -2.35. The Hall–Kier alpha value is -0.610. The summed E-state index contributed by atoms with van der Waals surface area (Å²) in [7, 11) is 1.73. The van der Waals surface area contributed by atoms with Crippen molar-refractivity contribution in [2.75, 3.05) is 46.4 Å². The summed E-state index contributed by atoms with van der Waals surface area (Å²) in [6.07, 6.45) is 1.12. The van der Waals surface area contributed by atoms with E-state index in [1.807, 2.05) is 20.8 Å². The standard InChI is InChI=1S/C18H37N5O2.HI/c1-14(2)11-15(23-7-9-25-10-8-23)12-20-17(19-6)21-13-16(24)22-18(3,4)5;/h14-15H,7-13H2,1-6H3,(H,22,24)(H2,19,20,21);1H. The van der Waals surface area contributed by atoms with Gasteiger partial charge in [-0.15, -0.1) is 24.0 Å². The van der Waals surface area contributed by atoms with E-state index < -0.39 is 0 Å². The molecule has 1 unspecified atom stereocenters. The molecular weight excluding hydrogens is 445 g/mol. The van der Waals surface area contributed by atoms with Crippen molar-refractivity contribution in [1.82, 2.24) is 20.9 Å². The molecule has 1 atom stereocenters. The van der Waals surface area contributed by atoms with Crippen molar-refractivity contribution in [3.8, 4) is 0 Å². The molecular formula is C18H38IN5O2. The van der Waals surface area contributed by atoms with Gasteiger partial charge in [0.2, 0.25) is 5.91 Å². The smallest absolute Gasteiger partial charge is 0.239 e. The Morgan fingerprint density at radius 2 is 1.81 bits per heavy atom. The van der Waals surface area contributed by atoms with Crippen LogP contribution >= 0.6 is 24.0 Å². The number of rotatable bonds is 7. The number of carbonyl (C=O) groups excluding carboxylic acids is 1. The molecule has 1 aliphatic heterocycles. The molecule has 0 aliphatic carbocycles. The van der Waals surface area contributed by atoms with E-state index in [4.69, 9.17) is 4.74 Å². The third kappa shape index (κ3) is 11.2. The lowest BCUT2D eigenvalue weighted by molar-refractivity contribution is -0.121. The predicted octanol–water partition coefficient (Wildman–Crippen LogP) is 1.43. The minimum Gasteiger partial charge on any atom is -0.379 e. The summed E-state index contributed by atoms with van der Waals surface area (Å²) in [6.45, 7) is 15.0. The van der Waals surface area contributed by atoms with E-state index in [1.54, 1.807) is 7.05 Å². The molecule has 0 spiro atoms. The van der Waals surface area contributed by atoms with Gasteiger partial charge in [-0.1, -0.05) is 13.8 Å². The number of nitrogens with one attached hydrogen (secondary N) is 3. The van der Waals surface area contributed by atoms with Crippen molar-refractivity contribution < 1.29 is 9.53 Å². The van der Waals surface area contributed by atoms with Crippen LogP contribution in [0.5, 0.6) is 0 Å². The fourth-order valence-corrected chi connectivity index (χ4v) is 2.91. The maximum atomic E-state index is 11.9. The summed E-state index contributed by atoms with van der Waals surface area (Å²) in [5.74, 6) is 1.25. The van der Waals surface area contributed by atoms with Crippen LogP contribution in [-0.2, 0) is 9.53 Å². The molecule has 1 saturated heterocycles. The van der Waals surface area contributed by atoms with Crippen molar-refractivity contribution in [2.45, 2.75) is 52.6 Å². The molecule has 1 rings (SSSR count). The third-order valence-electron chi connectivity index (χ3n) is 3.97. The second kappa shape index (κ2) is 12.7. The highest BCUT2D eigenvalue weighted by Crippen LogP contribution is 2.12. The van der Waals surface area contributed by atoms with Crippen LogP contribution < -0.4 is 16.0 Å². The Morgan fingerprint density at radius 3 is 2.31 bits per heavy atom. The molecule has 0 radical (unpaired) electrons. The van der Waals surface area contributed by atoms with Crippen molar-refractivity contribution in [1.29, 1.82) is 0 Å². The number of hydrogen-bond acceptors (Lipinski definition) is 4. The number of hydrogen-bond donors (Lipinski definition) is 3. The summed E-state index contributed by atoms with van der Waals surface area (Å²) in [6, 6.07) is 0.436. The molecule has 7 nitrogen and oxygen atoms in total. The van der Waals surface area contributed by atoms with Gasteiger partial charge in [0, 0.05) is 38.3 Å². The van der Waals surface area contributed by atoms with Crippen molar-refractivity contribution in [3.63, 3.8) is 0 Å². The van der Waals surface area contributed by atoms with Crippen LogP contribution in [0.1, 0.15) is 41.0 Å². The number of aliphatic imine (C=N–C) groups is 1. The molecule has 1 heterocycles. The Labute approximate surface area is 176 Å². The molecule has 0 saturated carbocycles. The Kier molecular flexibility index (Phi) is 12.4. The molecule has 8 heteroatoms. The molecule has 1 amide bonds. The molecule has 26 heavy (non-hydrogen) atoms. The Balaban J connectivity index is 0.00000625. The Bertz CT molecular complexity index is 432. The van der Waals surface area contributed by atoms with E-state index in [0.29, 0.717) is 17.9 Å². The number of nitrogens with zero attached hydrogens (tertiary/aromatic N) is 2. The summed E-state index contributed by atoms with van der Waals surface area (Å²) < 4.78 is 5.46. The van der Waals surface area contributed by atoms with E-state index >= 15 is 0 Å². The number of ether oxygens (including phenoxy) is 1. The van der Waals surface area contributed by atoms with E-state index in [1.165, 1.54) is 0 Å². The van der Waals surface area contributed by atoms with Crippen LogP contribution in [0.2, 0.25) is 0 Å². The SMILES string of the molecule is CN=C(NCC(=O)NC(C)(C)C)NCC(CC(C)C)N1CCOCC1.I. The summed E-state index contributed by atoms with van der Waals surface area (Å²) in [4.78, 5) is 18.6. The van der Waals surface area contributed by atoms with Gasteiger partial charge in [0.25, 0.3) is 0 Å². The van der Waals surface area contributed by atoms with Gasteiger partial charge in [-0.25, -0.2) is 0 Å². The molecule has 0 aromatic carbocycles. The van der Waals surface area contributed by atoms with Gasteiger partial charge in [0.1, 0.15) is 0 Å². The molecule has 0 aromatic heterocycles. The second-order valence-corrected chi connectivity index (χ2v) is 8.04. The van der Waals surface area contributed by atoms with E-state index in [0.717, 1.165) is 39.3 Å². The van der Waals surface area contributed by atoms with E-state index in [-0.39, 0.29) is 42.0 Å². The van der Waals surface area contributed by atoms with Crippen LogP contribution in [0.3, 0.4) is 0 Å². The molecule has 154 valence electrons. The molecule has 3 N–H and O–H groups in total. The maximum absolute atomic E-state index is 11.9. The fourth-order valence-electron chi connectivity index (χ4n) is 2.91. The number of guanidine groups is 1. The van der Waals surface area contributed by atoms with Crippen molar-refractivity contribution in [2.24, 2.45) is 10.9 Å². The lowest BCUT2D eigenvalue weighted by Crippen LogP contribution is -2.52. The minimum absolute atomic E-state index is 0. The fraction of sp³-hybridized carbons (Fsp3) is 0.889. The summed E-state index contributed by atoms with van der Waals surface area (Å²) >= 11 is 0. The number of halogens is 1. The number of morpholine rings is 1. The van der Waals surface area contributed by atoms with Gasteiger partial charge in [-0.2, -0.15) is 0 Å². The van der Waals surface area contributed by atoms with Gasteiger partial charge < -0.3 is 20.7 Å². The van der Waals surface area contributed by atoms with Crippen LogP contribution in [-0.4, -0.2) is 74.8 Å². The third-order valence-corrected chi connectivity index (χ3v) is 3.97. The molecule has 0 bridgehead atoms. The monoisotopic (exact) mass is 483 g/mol. The van der Waals surface area contributed by atoms with Crippen LogP contribution in [0.25, 0.3) is 0 Å². The van der Waals surface area contributed by atoms with Gasteiger partial charge >= 0.3 is 0 Å². The van der Waals surface area contributed by atoms with E-state index in [2.05, 4.69) is 39.7 Å². The predicted molar refractivity (Wildman–Crippen MR) is 118 cm³/mol. The first kappa shape index (κ1) is 25.4. The zero-order valence-electron chi connectivity index (χ0n) is 17.2. The largest absolute Gasteiger partial charge is 0.379 e. The molecule has 1 fully saturated rings. The van der Waals surface area contributed by atoms with Gasteiger partial charge in [0.15, 0.2) is 5.96 Å². The second-order valence-electron chi connectivity index (χ2n) is 8.04. The van der Waals surface area contributed by atoms with Gasteiger partial charge in [-0.05, 0) is 33.1 Å². The first-order valence-electron chi connectivity index (χ1n) is 9.28. The summed E-state index contributed by atoms with van der Waals surface area (Å²) in [5, 5.41) is 9.39. The van der Waals surface area contributed by atoms with Crippen LogP contribution in [0, 0.1) is 5.92 Å². The number of amides is 1. The van der Waals surface area contributed by atoms with E-state index in [9.17, 15) is 4.79 Å². The molecule has 0 aromatic rings. The van der Waals surface area contributed by atoms with Crippen LogP contribution in [0.4, 0.5) is 0 Å². The highest BCUT2D eigenvalue weighted by atomic mass is 127. The van der Waals surface area contributed by atoms with Crippen molar-refractivity contribution >= 4 is 35.8 Å². The first-order chi connectivity index (χ1) is 11.7. The Morgan fingerprint density at radius 1 is 1.19 bits per heavy atom. The zero-order valence-corrected chi connectivity index (χ0v) is 19.6. The number of carbonyl (C=O) groups is 1.